The molecule has 0 radical (unpaired) electrons. The van der Waals surface area contributed by atoms with Crippen LogP contribution in [0.1, 0.15) is 26.2 Å². The first-order valence-electron chi connectivity index (χ1n) is 5.70. The number of nitrogens with zero attached hydrogens (tertiary/aromatic N) is 2. The van der Waals surface area contributed by atoms with Gasteiger partial charge < -0.3 is 4.90 Å². The van der Waals surface area contributed by atoms with E-state index in [9.17, 15) is 0 Å². The van der Waals surface area contributed by atoms with Crippen molar-refractivity contribution in [2.75, 3.05) is 33.2 Å². The Bertz CT molecular complexity index is 157. The fourth-order valence-corrected chi connectivity index (χ4v) is 2.45. The van der Waals surface area contributed by atoms with E-state index in [4.69, 9.17) is 0 Å². The van der Waals surface area contributed by atoms with Crippen LogP contribution in [0.3, 0.4) is 0 Å². The number of hydrogen-bond donors (Lipinski definition) is 0. The highest BCUT2D eigenvalue weighted by Crippen LogP contribution is 2.32. The number of piperazine rings is 1. The topological polar surface area (TPSA) is 6.48 Å². The second-order valence-electron chi connectivity index (χ2n) is 4.77. The highest BCUT2D eigenvalue weighted by molar-refractivity contribution is 4.84. The number of likely N-dealkylation sites (N-methyl/N-ethyl adjacent to an activating group) is 1. The summed E-state index contributed by atoms with van der Waals surface area (Å²) in [4.78, 5) is 5.12. The maximum atomic E-state index is 2.68. The first-order chi connectivity index (χ1) is 6.27. The van der Waals surface area contributed by atoms with E-state index in [1.54, 1.807) is 0 Å². The largest absolute Gasteiger partial charge is 0.304 e. The zero-order chi connectivity index (χ0) is 9.26. The SMILES string of the molecule is CC(C1CCC1)N1CCN(C)CC1. The van der Waals surface area contributed by atoms with Gasteiger partial charge >= 0.3 is 0 Å². The van der Waals surface area contributed by atoms with Crippen molar-refractivity contribution < 1.29 is 0 Å². The van der Waals surface area contributed by atoms with Gasteiger partial charge in [0, 0.05) is 32.2 Å². The fraction of sp³-hybridized carbons (Fsp3) is 1.00. The highest BCUT2D eigenvalue weighted by atomic mass is 15.3. The second kappa shape index (κ2) is 3.97. The average molecular weight is 182 g/mol. The van der Waals surface area contributed by atoms with Gasteiger partial charge in [-0.2, -0.15) is 0 Å². The Hall–Kier alpha value is -0.0800. The summed E-state index contributed by atoms with van der Waals surface area (Å²) in [6.07, 6.45) is 4.43. The molecule has 0 aromatic heterocycles. The van der Waals surface area contributed by atoms with Crippen LogP contribution in [0.2, 0.25) is 0 Å². The van der Waals surface area contributed by atoms with Gasteiger partial charge in [-0.15, -0.1) is 0 Å². The molecule has 1 heterocycles. The molecule has 0 aromatic rings. The third-order valence-corrected chi connectivity index (χ3v) is 3.95. The van der Waals surface area contributed by atoms with Crippen LogP contribution in [0.25, 0.3) is 0 Å². The van der Waals surface area contributed by atoms with Crippen molar-refractivity contribution in [2.45, 2.75) is 32.2 Å². The molecule has 2 heteroatoms. The fourth-order valence-electron chi connectivity index (χ4n) is 2.45. The summed E-state index contributed by atoms with van der Waals surface area (Å²) in [5.41, 5.74) is 0. The van der Waals surface area contributed by atoms with Crippen LogP contribution in [0.5, 0.6) is 0 Å². The van der Waals surface area contributed by atoms with Crippen molar-refractivity contribution >= 4 is 0 Å². The lowest BCUT2D eigenvalue weighted by molar-refractivity contribution is 0.0636. The smallest absolute Gasteiger partial charge is 0.0113 e. The molecule has 1 aliphatic heterocycles. The molecule has 0 aromatic carbocycles. The third-order valence-electron chi connectivity index (χ3n) is 3.95. The van der Waals surface area contributed by atoms with Crippen LogP contribution >= 0.6 is 0 Å². The zero-order valence-corrected chi connectivity index (χ0v) is 9.00. The maximum absolute atomic E-state index is 2.68. The van der Waals surface area contributed by atoms with Crippen LogP contribution in [-0.2, 0) is 0 Å². The molecule has 2 nitrogen and oxygen atoms in total. The molecular weight excluding hydrogens is 160 g/mol. The molecule has 76 valence electrons. The molecule has 1 atom stereocenters. The first-order valence-corrected chi connectivity index (χ1v) is 5.70. The van der Waals surface area contributed by atoms with Gasteiger partial charge in [-0.3, -0.25) is 4.90 Å². The summed E-state index contributed by atoms with van der Waals surface area (Å²) in [6.45, 7) is 7.52. The molecular formula is C11H22N2. The van der Waals surface area contributed by atoms with E-state index in [2.05, 4.69) is 23.8 Å². The molecule has 1 aliphatic carbocycles. The Morgan fingerprint density at radius 3 is 2.15 bits per heavy atom. The lowest BCUT2D eigenvalue weighted by atomic mass is 9.79. The number of hydrogen-bond acceptors (Lipinski definition) is 2. The van der Waals surface area contributed by atoms with Gasteiger partial charge in [-0.1, -0.05) is 6.42 Å². The Labute approximate surface area is 81.9 Å². The molecule has 13 heavy (non-hydrogen) atoms. The van der Waals surface area contributed by atoms with E-state index in [0.29, 0.717) is 0 Å². The minimum Gasteiger partial charge on any atom is -0.304 e. The summed E-state index contributed by atoms with van der Waals surface area (Å²) >= 11 is 0. The molecule has 0 amide bonds. The van der Waals surface area contributed by atoms with Gasteiger partial charge in [0.25, 0.3) is 0 Å². The third kappa shape index (κ3) is 2.05. The monoisotopic (exact) mass is 182 g/mol. The molecule has 1 saturated heterocycles. The van der Waals surface area contributed by atoms with Crippen LogP contribution in [0.15, 0.2) is 0 Å². The van der Waals surface area contributed by atoms with E-state index in [1.165, 1.54) is 45.4 Å². The normalized spacial score (nSPS) is 30.0. The van der Waals surface area contributed by atoms with Crippen molar-refractivity contribution in [3.05, 3.63) is 0 Å². The van der Waals surface area contributed by atoms with Gasteiger partial charge in [0.1, 0.15) is 0 Å². The van der Waals surface area contributed by atoms with Gasteiger partial charge in [-0.05, 0) is 32.7 Å². The van der Waals surface area contributed by atoms with E-state index in [1.807, 2.05) is 0 Å². The molecule has 0 N–H and O–H groups in total. The molecule has 1 saturated carbocycles. The van der Waals surface area contributed by atoms with Crippen molar-refractivity contribution in [3.8, 4) is 0 Å². The standard InChI is InChI=1S/C11H22N2/c1-10(11-4-3-5-11)13-8-6-12(2)7-9-13/h10-11H,3-9H2,1-2H3. The Morgan fingerprint density at radius 2 is 1.69 bits per heavy atom. The molecule has 2 aliphatic rings. The van der Waals surface area contributed by atoms with Gasteiger partial charge in [-0.25, -0.2) is 0 Å². The first kappa shape index (κ1) is 9.47. The Balaban J connectivity index is 1.79. The number of rotatable bonds is 2. The summed E-state index contributed by atoms with van der Waals surface area (Å²) in [5.74, 6) is 1.02. The van der Waals surface area contributed by atoms with Gasteiger partial charge in [0.05, 0.1) is 0 Å². The minimum atomic E-state index is 0.849. The Morgan fingerprint density at radius 1 is 1.08 bits per heavy atom. The van der Waals surface area contributed by atoms with Crippen LogP contribution in [-0.4, -0.2) is 49.1 Å². The minimum absolute atomic E-state index is 0.849. The van der Waals surface area contributed by atoms with Crippen molar-refractivity contribution in [1.29, 1.82) is 0 Å². The summed E-state index contributed by atoms with van der Waals surface area (Å²) in [7, 11) is 2.23. The van der Waals surface area contributed by atoms with Crippen molar-refractivity contribution in [2.24, 2.45) is 5.92 Å². The molecule has 0 bridgehead atoms. The predicted octanol–water partition coefficient (Wildman–Crippen LogP) is 1.42. The lowest BCUT2D eigenvalue weighted by Crippen LogP contribution is -2.51. The maximum Gasteiger partial charge on any atom is 0.0113 e. The van der Waals surface area contributed by atoms with E-state index in [-0.39, 0.29) is 0 Å². The van der Waals surface area contributed by atoms with Crippen molar-refractivity contribution in [3.63, 3.8) is 0 Å². The van der Waals surface area contributed by atoms with Gasteiger partial charge in [0.2, 0.25) is 0 Å². The Kier molecular flexibility index (Phi) is 2.89. The van der Waals surface area contributed by atoms with Crippen molar-refractivity contribution in [1.82, 2.24) is 9.80 Å². The van der Waals surface area contributed by atoms with E-state index >= 15 is 0 Å². The quantitative estimate of drug-likeness (QED) is 0.637. The highest BCUT2D eigenvalue weighted by Gasteiger charge is 2.29. The molecule has 0 spiro atoms. The lowest BCUT2D eigenvalue weighted by Gasteiger charge is -2.42. The molecule has 2 rings (SSSR count). The van der Waals surface area contributed by atoms with Crippen LogP contribution in [0.4, 0.5) is 0 Å². The van der Waals surface area contributed by atoms with E-state index in [0.717, 1.165) is 12.0 Å². The molecule has 2 fully saturated rings. The second-order valence-corrected chi connectivity index (χ2v) is 4.77. The average Bonchev–Trinajstić information content (AvgIpc) is 2.02. The predicted molar refractivity (Wildman–Crippen MR) is 55.9 cm³/mol. The van der Waals surface area contributed by atoms with Crippen LogP contribution < -0.4 is 0 Å². The zero-order valence-electron chi connectivity index (χ0n) is 9.00. The summed E-state index contributed by atoms with van der Waals surface area (Å²) < 4.78 is 0. The summed E-state index contributed by atoms with van der Waals surface area (Å²) in [5, 5.41) is 0. The van der Waals surface area contributed by atoms with Gasteiger partial charge in [0.15, 0.2) is 0 Å². The molecule has 1 unspecified atom stereocenters. The summed E-state index contributed by atoms with van der Waals surface area (Å²) in [6, 6.07) is 0.849. The van der Waals surface area contributed by atoms with E-state index < -0.39 is 0 Å². The van der Waals surface area contributed by atoms with Crippen LogP contribution in [0, 0.1) is 5.92 Å².